The Morgan fingerprint density at radius 1 is 1.36 bits per heavy atom. The Labute approximate surface area is 165 Å². The zero-order valence-corrected chi connectivity index (χ0v) is 16.7. The molecule has 0 aromatic heterocycles. The molecule has 4 nitrogen and oxygen atoms in total. The third-order valence-corrected chi connectivity index (χ3v) is 8.87. The topological polar surface area (TPSA) is 38.8 Å². The van der Waals surface area contributed by atoms with Crippen molar-refractivity contribution in [3.8, 4) is 11.5 Å². The molecule has 4 heteroatoms. The average Bonchev–Trinajstić information content (AvgIpc) is 3.26. The highest BCUT2D eigenvalue weighted by atomic mass is 16.5. The number of carbonyl (C=O) groups is 1. The molecule has 1 aromatic rings. The number of carbonyl (C=O) groups excluding carboxylic acids is 1. The van der Waals surface area contributed by atoms with E-state index in [1.165, 1.54) is 36.1 Å². The fourth-order valence-corrected chi connectivity index (χ4v) is 7.97. The molecule has 1 saturated heterocycles. The van der Waals surface area contributed by atoms with Gasteiger partial charge in [0.25, 0.3) is 0 Å². The summed E-state index contributed by atoms with van der Waals surface area (Å²) in [4.78, 5) is 15.8. The predicted molar refractivity (Wildman–Crippen MR) is 106 cm³/mol. The molecular formula is C24H27NO3. The molecule has 0 radical (unpaired) electrons. The standard InChI is InChI=1S/C24H27NO3/c1-12(2)14-8-17(27-3)20-19-18(14)23-10-24(19)15(6-7-16(26)22(24)28-20)21(23)25(11-23)9-13-4-5-13/h8,13,15,21-22H,1,4-7,9-11H2,2-3H3/t15?,21?,22?,23?,24-/m1/s1. The van der Waals surface area contributed by atoms with Crippen molar-refractivity contribution in [3.05, 3.63) is 29.3 Å². The molecular weight excluding hydrogens is 350 g/mol. The summed E-state index contributed by atoms with van der Waals surface area (Å²) in [7, 11) is 1.71. The average molecular weight is 377 g/mol. The van der Waals surface area contributed by atoms with Crippen LogP contribution in [0.1, 0.15) is 55.7 Å². The molecule has 146 valence electrons. The second-order valence-corrected chi connectivity index (χ2v) is 10.3. The van der Waals surface area contributed by atoms with Crippen LogP contribution in [-0.4, -0.2) is 43.0 Å². The molecule has 0 amide bonds. The zero-order chi connectivity index (χ0) is 19.0. The van der Waals surface area contributed by atoms with Gasteiger partial charge in [0.1, 0.15) is 0 Å². The summed E-state index contributed by atoms with van der Waals surface area (Å²) < 4.78 is 12.2. The van der Waals surface area contributed by atoms with Gasteiger partial charge in [-0.2, -0.15) is 0 Å². The van der Waals surface area contributed by atoms with E-state index in [-0.39, 0.29) is 16.9 Å². The van der Waals surface area contributed by atoms with Crippen LogP contribution in [-0.2, 0) is 15.6 Å². The molecule has 4 unspecified atom stereocenters. The van der Waals surface area contributed by atoms with Crippen LogP contribution in [0.4, 0.5) is 0 Å². The number of Topliss-reactive ketones (excluding diaryl/α,β-unsaturated/α-hetero) is 1. The van der Waals surface area contributed by atoms with E-state index >= 15 is 0 Å². The number of ketones is 1. The number of fused-ring (bicyclic) bond motifs is 1. The Balaban J connectivity index is 1.50. The van der Waals surface area contributed by atoms with E-state index in [1.54, 1.807) is 7.11 Å². The number of hydrogen-bond donors (Lipinski definition) is 0. The molecule has 5 atom stereocenters. The van der Waals surface area contributed by atoms with Crippen LogP contribution in [0, 0.1) is 11.8 Å². The van der Waals surface area contributed by atoms with Crippen molar-refractivity contribution in [2.45, 2.75) is 62.0 Å². The molecule has 2 heterocycles. The molecule has 7 rings (SSSR count). The normalized spacial score (nSPS) is 41.4. The lowest BCUT2D eigenvalue weighted by atomic mass is 9.57. The van der Waals surface area contributed by atoms with E-state index in [2.05, 4.69) is 24.5 Å². The molecule has 2 aliphatic heterocycles. The molecule has 4 fully saturated rings. The fraction of sp³-hybridized carbons (Fsp3) is 0.625. The molecule has 4 aliphatic carbocycles. The second-order valence-electron chi connectivity index (χ2n) is 10.3. The smallest absolute Gasteiger partial charge is 0.174 e. The summed E-state index contributed by atoms with van der Waals surface area (Å²) in [5.41, 5.74) is 5.19. The number of allylic oxidation sites excluding steroid dienone is 1. The first-order valence-corrected chi connectivity index (χ1v) is 10.9. The Morgan fingerprint density at radius 2 is 2.18 bits per heavy atom. The van der Waals surface area contributed by atoms with Gasteiger partial charge < -0.3 is 9.47 Å². The minimum atomic E-state index is -0.304. The minimum Gasteiger partial charge on any atom is -0.493 e. The second kappa shape index (κ2) is 4.67. The lowest BCUT2D eigenvalue weighted by Gasteiger charge is -2.59. The van der Waals surface area contributed by atoms with Gasteiger partial charge in [0.2, 0.25) is 0 Å². The van der Waals surface area contributed by atoms with Gasteiger partial charge in [0.05, 0.1) is 7.11 Å². The molecule has 2 spiro atoms. The monoisotopic (exact) mass is 377 g/mol. The number of likely N-dealkylation sites (tertiary alicyclic amines) is 1. The molecule has 3 saturated carbocycles. The van der Waals surface area contributed by atoms with E-state index < -0.39 is 0 Å². The van der Waals surface area contributed by atoms with Crippen molar-refractivity contribution < 1.29 is 14.3 Å². The largest absolute Gasteiger partial charge is 0.493 e. The number of methoxy groups -OCH3 is 1. The van der Waals surface area contributed by atoms with Crippen molar-refractivity contribution in [2.24, 2.45) is 11.8 Å². The molecule has 0 N–H and O–H groups in total. The summed E-state index contributed by atoms with van der Waals surface area (Å²) in [5.74, 6) is 3.39. The summed E-state index contributed by atoms with van der Waals surface area (Å²) in [6.45, 7) is 8.80. The van der Waals surface area contributed by atoms with Crippen molar-refractivity contribution in [2.75, 3.05) is 20.2 Å². The van der Waals surface area contributed by atoms with Crippen LogP contribution in [0.3, 0.4) is 0 Å². The summed E-state index contributed by atoms with van der Waals surface area (Å²) in [6.07, 6.45) is 5.26. The Kier molecular flexibility index (Phi) is 2.67. The first-order chi connectivity index (χ1) is 13.5. The highest BCUT2D eigenvalue weighted by Crippen LogP contribution is 2.77. The zero-order valence-electron chi connectivity index (χ0n) is 16.7. The first-order valence-electron chi connectivity index (χ1n) is 10.9. The first kappa shape index (κ1) is 16.0. The van der Waals surface area contributed by atoms with E-state index in [1.807, 2.05) is 0 Å². The van der Waals surface area contributed by atoms with Gasteiger partial charge in [0, 0.05) is 41.9 Å². The van der Waals surface area contributed by atoms with Crippen LogP contribution in [0.25, 0.3) is 5.57 Å². The van der Waals surface area contributed by atoms with Gasteiger partial charge in [-0.05, 0) is 61.6 Å². The van der Waals surface area contributed by atoms with Crippen molar-refractivity contribution in [1.29, 1.82) is 0 Å². The van der Waals surface area contributed by atoms with E-state index in [9.17, 15) is 4.79 Å². The maximum absolute atomic E-state index is 13.0. The maximum atomic E-state index is 13.0. The molecule has 28 heavy (non-hydrogen) atoms. The van der Waals surface area contributed by atoms with Gasteiger partial charge in [-0.15, -0.1) is 0 Å². The van der Waals surface area contributed by atoms with Gasteiger partial charge in [-0.25, -0.2) is 0 Å². The third-order valence-electron chi connectivity index (χ3n) is 8.87. The number of nitrogens with zero attached hydrogens (tertiary/aromatic N) is 1. The van der Waals surface area contributed by atoms with Crippen LogP contribution >= 0.6 is 0 Å². The van der Waals surface area contributed by atoms with Gasteiger partial charge in [-0.3, -0.25) is 9.69 Å². The Morgan fingerprint density at radius 3 is 2.89 bits per heavy atom. The van der Waals surface area contributed by atoms with Gasteiger partial charge >= 0.3 is 0 Å². The van der Waals surface area contributed by atoms with Gasteiger partial charge in [-0.1, -0.05) is 12.2 Å². The Hall–Kier alpha value is -1.81. The van der Waals surface area contributed by atoms with E-state index in [0.29, 0.717) is 24.2 Å². The van der Waals surface area contributed by atoms with E-state index in [0.717, 1.165) is 42.4 Å². The van der Waals surface area contributed by atoms with Crippen molar-refractivity contribution >= 4 is 11.4 Å². The summed E-state index contributed by atoms with van der Waals surface area (Å²) >= 11 is 0. The van der Waals surface area contributed by atoms with Crippen LogP contribution in [0.15, 0.2) is 12.6 Å². The SMILES string of the molecule is C=C(C)c1cc(OC)c2c3c1C14CN(CC5CC5)C1C1CCC(=O)C(O2)[C@@]31C4. The highest BCUT2D eigenvalue weighted by molar-refractivity contribution is 5.92. The third kappa shape index (κ3) is 1.50. The summed E-state index contributed by atoms with van der Waals surface area (Å²) in [5, 5.41) is 0. The maximum Gasteiger partial charge on any atom is 0.174 e. The number of rotatable bonds is 4. The molecule has 6 aliphatic rings. The lowest BCUT2D eigenvalue weighted by molar-refractivity contribution is -0.133. The molecule has 1 aromatic carbocycles. The van der Waals surface area contributed by atoms with Crippen LogP contribution < -0.4 is 9.47 Å². The van der Waals surface area contributed by atoms with Crippen molar-refractivity contribution in [1.82, 2.24) is 4.90 Å². The van der Waals surface area contributed by atoms with E-state index in [4.69, 9.17) is 9.47 Å². The van der Waals surface area contributed by atoms with Crippen molar-refractivity contribution in [3.63, 3.8) is 0 Å². The highest BCUT2D eigenvalue weighted by Gasteiger charge is 2.80. The number of hydrogen-bond acceptors (Lipinski definition) is 4. The minimum absolute atomic E-state index is 0.123. The van der Waals surface area contributed by atoms with Gasteiger partial charge in [0.15, 0.2) is 23.4 Å². The summed E-state index contributed by atoms with van der Waals surface area (Å²) in [6, 6.07) is 2.71. The quantitative estimate of drug-likeness (QED) is 0.806. The predicted octanol–water partition coefficient (Wildman–Crippen LogP) is 3.46. The number of ether oxygens (including phenoxy) is 2. The molecule has 2 bridgehead atoms. The Bertz CT molecular complexity index is 979. The van der Waals surface area contributed by atoms with Crippen LogP contribution in [0.2, 0.25) is 0 Å². The number of benzene rings is 1. The fourth-order valence-electron chi connectivity index (χ4n) is 7.97. The lowest BCUT2D eigenvalue weighted by Crippen LogP contribution is -2.68. The van der Waals surface area contributed by atoms with Crippen LogP contribution in [0.5, 0.6) is 11.5 Å².